The van der Waals surface area contributed by atoms with E-state index in [0.29, 0.717) is 18.1 Å². The summed E-state index contributed by atoms with van der Waals surface area (Å²) in [5, 5.41) is 9.65. The highest BCUT2D eigenvalue weighted by atomic mass is 32.2. The van der Waals surface area contributed by atoms with Crippen molar-refractivity contribution in [1.82, 2.24) is 25.9 Å². The topological polar surface area (TPSA) is 98.9 Å². The number of nitrogens with one attached hydrogen (secondary N) is 4. The Balaban J connectivity index is 1.17. The molecule has 0 bridgehead atoms. The van der Waals surface area contributed by atoms with E-state index in [9.17, 15) is 9.59 Å². The van der Waals surface area contributed by atoms with Crippen LogP contribution in [0.2, 0.25) is 0 Å². The van der Waals surface area contributed by atoms with Crippen LogP contribution in [-0.4, -0.2) is 45.0 Å². The number of aromatic amines is 1. The molecule has 0 unspecified atom stereocenters. The van der Waals surface area contributed by atoms with Crippen LogP contribution in [0.15, 0.2) is 54.6 Å². The number of aromatic nitrogens is 2. The van der Waals surface area contributed by atoms with Crippen LogP contribution in [0.1, 0.15) is 43.1 Å². The summed E-state index contributed by atoms with van der Waals surface area (Å²) in [6.45, 7) is 0. The fourth-order valence-electron chi connectivity index (χ4n) is 4.74. The molecule has 8 heteroatoms. The van der Waals surface area contributed by atoms with E-state index >= 15 is 0 Å². The van der Waals surface area contributed by atoms with Gasteiger partial charge in [-0.05, 0) is 37.0 Å². The molecular weight excluding hydrogens is 434 g/mol. The first kappa shape index (κ1) is 21.8. The highest BCUT2D eigenvalue weighted by Gasteiger charge is 2.42. The van der Waals surface area contributed by atoms with Crippen LogP contribution in [-0.2, 0) is 11.2 Å². The lowest BCUT2D eigenvalue weighted by Gasteiger charge is -2.18. The van der Waals surface area contributed by atoms with Gasteiger partial charge in [0.05, 0.1) is 29.2 Å². The molecule has 7 nitrogen and oxygen atoms in total. The van der Waals surface area contributed by atoms with Gasteiger partial charge in [-0.15, -0.1) is 0 Å². The van der Waals surface area contributed by atoms with Gasteiger partial charge in [0.25, 0.3) is 0 Å². The molecule has 0 aliphatic carbocycles. The lowest BCUT2D eigenvalue weighted by molar-refractivity contribution is -0.122. The van der Waals surface area contributed by atoms with Crippen molar-refractivity contribution in [2.45, 2.75) is 55.5 Å². The summed E-state index contributed by atoms with van der Waals surface area (Å²) in [6, 6.07) is 18.3. The van der Waals surface area contributed by atoms with E-state index in [4.69, 9.17) is 4.98 Å². The predicted octanol–water partition coefficient (Wildman–Crippen LogP) is 3.69. The summed E-state index contributed by atoms with van der Waals surface area (Å²) in [5.41, 5.74) is 3.03. The number of fused-ring (bicyclic) bond motifs is 2. The minimum atomic E-state index is -0.210. The third-order valence-corrected chi connectivity index (χ3v) is 7.94. The number of H-pyrrole nitrogens is 1. The van der Waals surface area contributed by atoms with Crippen molar-refractivity contribution in [3.05, 3.63) is 66.0 Å². The monoisotopic (exact) mass is 463 g/mol. The summed E-state index contributed by atoms with van der Waals surface area (Å²) in [6.07, 6.45) is 3.98. The van der Waals surface area contributed by atoms with Gasteiger partial charge in [0, 0.05) is 17.4 Å². The van der Waals surface area contributed by atoms with Crippen molar-refractivity contribution in [2.24, 2.45) is 0 Å². The minimum Gasteiger partial charge on any atom is -0.346 e. The van der Waals surface area contributed by atoms with Gasteiger partial charge in [0.2, 0.25) is 5.91 Å². The molecule has 1 aromatic heterocycles. The Morgan fingerprint density at radius 2 is 1.91 bits per heavy atom. The molecule has 0 radical (unpaired) electrons. The Labute approximate surface area is 197 Å². The van der Waals surface area contributed by atoms with E-state index in [-0.39, 0.29) is 30.1 Å². The van der Waals surface area contributed by atoms with E-state index < -0.39 is 0 Å². The number of thioether (sulfide) groups is 1. The lowest BCUT2D eigenvalue weighted by Crippen LogP contribution is -2.36. The maximum absolute atomic E-state index is 12.8. The third kappa shape index (κ3) is 5.16. The number of hydrogen-bond acceptors (Lipinski definition) is 4. The number of nitrogens with zero attached hydrogens (tertiary/aromatic N) is 1. The van der Waals surface area contributed by atoms with Crippen LogP contribution in [0, 0.1) is 0 Å². The molecule has 0 spiro atoms. The summed E-state index contributed by atoms with van der Waals surface area (Å²) in [7, 11) is 0. The van der Waals surface area contributed by atoms with E-state index in [1.807, 2.05) is 54.2 Å². The molecule has 4 N–H and O–H groups in total. The maximum atomic E-state index is 12.8. The van der Waals surface area contributed by atoms with Crippen LogP contribution < -0.4 is 16.0 Å². The normalized spacial score (nSPS) is 22.5. The Morgan fingerprint density at radius 1 is 1.09 bits per heavy atom. The molecule has 3 amide bonds. The molecule has 172 valence electrons. The molecule has 2 fully saturated rings. The summed E-state index contributed by atoms with van der Waals surface area (Å²) < 4.78 is 0. The van der Waals surface area contributed by atoms with Gasteiger partial charge in [-0.1, -0.05) is 48.9 Å². The van der Waals surface area contributed by atoms with Crippen LogP contribution in [0.3, 0.4) is 0 Å². The molecule has 2 saturated heterocycles. The largest absolute Gasteiger partial charge is 0.346 e. The second-order valence-electron chi connectivity index (χ2n) is 8.82. The van der Waals surface area contributed by atoms with E-state index in [2.05, 4.69) is 33.1 Å². The van der Waals surface area contributed by atoms with Gasteiger partial charge in [-0.25, -0.2) is 9.78 Å². The average molecular weight is 464 g/mol. The zero-order valence-electron chi connectivity index (χ0n) is 18.4. The van der Waals surface area contributed by atoms with Crippen molar-refractivity contribution in [3.63, 3.8) is 0 Å². The number of urea groups is 1. The smallest absolute Gasteiger partial charge is 0.315 e. The number of benzene rings is 2. The average Bonchev–Trinajstić information content (AvgIpc) is 3.51. The van der Waals surface area contributed by atoms with Crippen LogP contribution in [0.4, 0.5) is 4.79 Å². The van der Waals surface area contributed by atoms with Crippen LogP contribution >= 0.6 is 11.8 Å². The summed E-state index contributed by atoms with van der Waals surface area (Å²) in [4.78, 5) is 32.5. The van der Waals surface area contributed by atoms with Gasteiger partial charge in [-0.3, -0.25) is 4.79 Å². The number of imidazole rings is 1. The molecule has 2 aromatic carbocycles. The highest BCUT2D eigenvalue weighted by Crippen LogP contribution is 2.33. The number of unbranched alkanes of at least 4 members (excludes halogenated alkanes) is 1. The number of carbonyl (C=O) groups excluding carboxylic acids is 2. The van der Waals surface area contributed by atoms with Crippen LogP contribution in [0.5, 0.6) is 0 Å². The van der Waals surface area contributed by atoms with Gasteiger partial charge in [0.1, 0.15) is 5.82 Å². The van der Waals surface area contributed by atoms with Crippen molar-refractivity contribution < 1.29 is 9.59 Å². The maximum Gasteiger partial charge on any atom is 0.315 e. The van der Waals surface area contributed by atoms with Crippen molar-refractivity contribution in [2.75, 3.05) is 5.75 Å². The van der Waals surface area contributed by atoms with E-state index in [1.165, 1.54) is 0 Å². The minimum absolute atomic E-state index is 0.0455. The first-order chi connectivity index (χ1) is 16.2. The van der Waals surface area contributed by atoms with Crippen LogP contribution in [0.25, 0.3) is 11.0 Å². The third-order valence-electron chi connectivity index (χ3n) is 6.44. The second kappa shape index (κ2) is 9.87. The van der Waals surface area contributed by atoms with E-state index in [1.54, 1.807) is 0 Å². The quantitative estimate of drug-likeness (QED) is 0.287. The zero-order chi connectivity index (χ0) is 22.6. The zero-order valence-corrected chi connectivity index (χ0v) is 19.2. The molecule has 3 heterocycles. The molecule has 0 saturated carbocycles. The molecule has 3 aromatic rings. The summed E-state index contributed by atoms with van der Waals surface area (Å²) >= 11 is 1.92. The number of carbonyl (C=O) groups is 2. The first-order valence-corrected chi connectivity index (χ1v) is 12.7. The Morgan fingerprint density at radius 3 is 2.76 bits per heavy atom. The summed E-state index contributed by atoms with van der Waals surface area (Å²) in [5.74, 6) is 1.79. The van der Waals surface area contributed by atoms with Gasteiger partial charge in [0.15, 0.2) is 0 Å². The van der Waals surface area contributed by atoms with Gasteiger partial charge in [-0.2, -0.15) is 11.8 Å². The Bertz CT molecular complexity index is 1090. The first-order valence-electron chi connectivity index (χ1n) is 11.6. The highest BCUT2D eigenvalue weighted by molar-refractivity contribution is 8.00. The number of para-hydroxylation sites is 2. The fourth-order valence-corrected chi connectivity index (χ4v) is 6.29. The SMILES string of the molecule is O=C(CCCC[C@@H]1SC[C@@H]2NC(=O)N[C@H]21)N[C@H](Cc1ccccc1)c1nc2ccccc2[nH]1. The lowest BCUT2D eigenvalue weighted by atomic mass is 10.0. The van der Waals surface area contributed by atoms with Crippen molar-refractivity contribution in [1.29, 1.82) is 0 Å². The Kier molecular flexibility index (Phi) is 6.53. The Hall–Kier alpha value is -3.00. The molecule has 5 rings (SSSR count). The number of rotatable bonds is 9. The number of hydrogen-bond donors (Lipinski definition) is 4. The van der Waals surface area contributed by atoms with Gasteiger partial charge < -0.3 is 20.9 Å². The molecule has 4 atom stereocenters. The molecular formula is C25H29N5O2S. The predicted molar refractivity (Wildman–Crippen MR) is 131 cm³/mol. The molecule has 2 aliphatic rings. The molecule has 33 heavy (non-hydrogen) atoms. The van der Waals surface area contributed by atoms with Crippen molar-refractivity contribution >= 4 is 34.7 Å². The second-order valence-corrected chi connectivity index (χ2v) is 10.1. The molecule has 2 aliphatic heterocycles. The standard InChI is InChI=1S/C25H29N5O2S/c31-22(13-7-6-12-21-23-20(15-33-21)29-25(32)30-23)26-19(14-16-8-2-1-3-9-16)24-27-17-10-4-5-11-18(17)28-24/h1-5,8-11,19-21,23H,6-7,12-15H2,(H,26,31)(H,27,28)(H2,29,30,32)/t19-,20+,21+,23-/m1/s1. The number of amides is 3. The fraction of sp³-hybridized carbons (Fsp3) is 0.400. The van der Waals surface area contributed by atoms with Crippen molar-refractivity contribution in [3.8, 4) is 0 Å². The van der Waals surface area contributed by atoms with Gasteiger partial charge >= 0.3 is 6.03 Å². The van der Waals surface area contributed by atoms with E-state index in [0.717, 1.165) is 47.4 Å².